The van der Waals surface area contributed by atoms with Crippen LogP contribution in [0.15, 0.2) is 61.4 Å². The molecule has 0 aliphatic heterocycles. The van der Waals surface area contributed by atoms with Gasteiger partial charge in [-0.2, -0.15) is 0 Å². The third-order valence-electron chi connectivity index (χ3n) is 5.21. The maximum Gasteiger partial charge on any atom is 0.119 e. The number of hydrogen-bond donors (Lipinski definition) is 0. The molecule has 0 aromatic heterocycles. The monoisotopic (exact) mass is 332 g/mol. The van der Waals surface area contributed by atoms with Gasteiger partial charge in [0, 0.05) is 17.4 Å². The lowest BCUT2D eigenvalue weighted by Crippen LogP contribution is -2.24. The number of ether oxygens (including phenoxy) is 1. The van der Waals surface area contributed by atoms with Crippen molar-refractivity contribution in [1.29, 1.82) is 0 Å². The summed E-state index contributed by atoms with van der Waals surface area (Å²) in [6, 6.07) is 4.36. The van der Waals surface area contributed by atoms with Crippen LogP contribution in [0.25, 0.3) is 11.1 Å². The van der Waals surface area contributed by atoms with E-state index in [1.54, 1.807) is 0 Å². The lowest BCUT2D eigenvalue weighted by atomic mass is 9.66. The summed E-state index contributed by atoms with van der Waals surface area (Å²) in [6.45, 7) is 22.3. The lowest BCUT2D eigenvalue weighted by molar-refractivity contribution is 0.188. The highest BCUT2D eigenvalue weighted by Crippen LogP contribution is 2.49. The van der Waals surface area contributed by atoms with E-state index >= 15 is 0 Å². The van der Waals surface area contributed by atoms with Crippen LogP contribution in [0.1, 0.15) is 36.1 Å². The summed E-state index contributed by atoms with van der Waals surface area (Å²) in [5, 5.41) is 0. The Morgan fingerprint density at radius 3 is 2.16 bits per heavy atom. The fourth-order valence-corrected chi connectivity index (χ4v) is 3.84. The molecule has 1 aromatic carbocycles. The first-order valence-corrected chi connectivity index (χ1v) is 9.02. The Bertz CT molecular complexity index is 817. The molecule has 1 nitrogen and oxygen atoms in total. The molecular formula is C24H28O. The maximum absolute atomic E-state index is 5.83. The second kappa shape index (κ2) is 6.55. The van der Waals surface area contributed by atoms with Crippen molar-refractivity contribution in [2.45, 2.75) is 27.7 Å². The summed E-state index contributed by atoms with van der Waals surface area (Å²) in [4.78, 5) is 0. The van der Waals surface area contributed by atoms with Crippen molar-refractivity contribution in [2.75, 3.05) is 6.61 Å². The fourth-order valence-electron chi connectivity index (χ4n) is 3.84. The minimum Gasteiger partial charge on any atom is -0.493 e. The van der Waals surface area contributed by atoms with Crippen LogP contribution in [-0.4, -0.2) is 6.61 Å². The molecule has 0 radical (unpaired) electrons. The highest BCUT2D eigenvalue weighted by molar-refractivity contribution is 5.90. The van der Waals surface area contributed by atoms with E-state index < -0.39 is 0 Å². The Labute approximate surface area is 152 Å². The fraction of sp³-hybridized carbons (Fsp3) is 0.333. The molecule has 2 atom stereocenters. The van der Waals surface area contributed by atoms with E-state index in [1.807, 2.05) is 0 Å². The second-order valence-electron chi connectivity index (χ2n) is 7.66. The molecule has 0 heterocycles. The predicted molar refractivity (Wildman–Crippen MR) is 108 cm³/mol. The van der Waals surface area contributed by atoms with Gasteiger partial charge in [0.1, 0.15) is 5.76 Å². The van der Waals surface area contributed by atoms with Crippen molar-refractivity contribution in [1.82, 2.24) is 0 Å². The quantitative estimate of drug-likeness (QED) is 0.591. The van der Waals surface area contributed by atoms with E-state index in [0.717, 1.165) is 11.3 Å². The molecule has 0 saturated carbocycles. The molecule has 130 valence electrons. The van der Waals surface area contributed by atoms with Gasteiger partial charge in [0.05, 0.1) is 6.61 Å². The molecule has 2 aliphatic rings. The van der Waals surface area contributed by atoms with Gasteiger partial charge in [-0.05, 0) is 53.2 Å². The topological polar surface area (TPSA) is 9.23 Å². The molecule has 0 saturated heterocycles. The number of benzene rings is 1. The summed E-state index contributed by atoms with van der Waals surface area (Å²) >= 11 is 0. The first-order valence-electron chi connectivity index (χ1n) is 9.02. The summed E-state index contributed by atoms with van der Waals surface area (Å²) in [6.07, 6.45) is 6.62. The Balaban J connectivity index is 1.98. The zero-order valence-electron chi connectivity index (χ0n) is 15.9. The third-order valence-corrected chi connectivity index (χ3v) is 5.21. The third kappa shape index (κ3) is 3.04. The van der Waals surface area contributed by atoms with Gasteiger partial charge >= 0.3 is 0 Å². The van der Waals surface area contributed by atoms with Crippen LogP contribution in [-0.2, 0) is 4.74 Å². The largest absolute Gasteiger partial charge is 0.493 e. The molecule has 2 unspecified atom stereocenters. The summed E-state index contributed by atoms with van der Waals surface area (Å²) in [7, 11) is 0. The molecule has 0 N–H and O–H groups in total. The van der Waals surface area contributed by atoms with Crippen LogP contribution < -0.4 is 0 Å². The van der Waals surface area contributed by atoms with E-state index in [9.17, 15) is 0 Å². The Hall–Kier alpha value is -2.28. The summed E-state index contributed by atoms with van der Waals surface area (Å²) in [5.74, 6) is 1.72. The highest BCUT2D eigenvalue weighted by Gasteiger charge is 2.35. The van der Waals surface area contributed by atoms with Crippen molar-refractivity contribution < 1.29 is 4.74 Å². The minimum atomic E-state index is 0.222. The first kappa shape index (κ1) is 17.5. The van der Waals surface area contributed by atoms with Gasteiger partial charge in [-0.25, -0.2) is 0 Å². The Morgan fingerprint density at radius 2 is 1.60 bits per heavy atom. The van der Waals surface area contributed by atoms with Crippen LogP contribution in [0.3, 0.4) is 0 Å². The molecule has 25 heavy (non-hydrogen) atoms. The minimum absolute atomic E-state index is 0.222. The maximum atomic E-state index is 5.83. The Morgan fingerprint density at radius 1 is 1.04 bits per heavy atom. The zero-order chi connectivity index (χ0) is 18.3. The average Bonchev–Trinajstić information content (AvgIpc) is 2.59. The molecule has 0 amide bonds. The van der Waals surface area contributed by atoms with Crippen LogP contribution >= 0.6 is 0 Å². The SMILES string of the molecule is C=C(OCC(C)C)C1=CC2C(=C)c3c(C)ccc(C)c3C(=C)C2C=C1. The van der Waals surface area contributed by atoms with Crippen molar-refractivity contribution >= 4 is 11.1 Å². The molecule has 1 heteroatoms. The number of rotatable bonds is 4. The van der Waals surface area contributed by atoms with Crippen LogP contribution in [0.4, 0.5) is 0 Å². The van der Waals surface area contributed by atoms with Crippen molar-refractivity contribution in [2.24, 2.45) is 17.8 Å². The van der Waals surface area contributed by atoms with E-state index in [0.29, 0.717) is 12.5 Å². The molecule has 0 bridgehead atoms. The summed E-state index contributed by atoms with van der Waals surface area (Å²) in [5.41, 5.74) is 8.52. The van der Waals surface area contributed by atoms with Crippen LogP contribution in [0, 0.1) is 31.6 Å². The second-order valence-corrected chi connectivity index (χ2v) is 7.66. The van der Waals surface area contributed by atoms with Gasteiger partial charge in [0.2, 0.25) is 0 Å². The first-order chi connectivity index (χ1) is 11.8. The predicted octanol–water partition coefficient (Wildman–Crippen LogP) is 6.26. The van der Waals surface area contributed by atoms with Gasteiger partial charge in [-0.3, -0.25) is 0 Å². The zero-order valence-corrected chi connectivity index (χ0v) is 15.9. The highest BCUT2D eigenvalue weighted by atomic mass is 16.5. The molecule has 0 spiro atoms. The smallest absolute Gasteiger partial charge is 0.119 e. The van der Waals surface area contributed by atoms with Gasteiger partial charge in [0.15, 0.2) is 0 Å². The van der Waals surface area contributed by atoms with Crippen molar-refractivity contribution in [3.63, 3.8) is 0 Å². The number of aryl methyl sites for hydroxylation is 2. The molecule has 0 fully saturated rings. The molecule has 1 aromatic rings. The van der Waals surface area contributed by atoms with E-state index in [1.165, 1.54) is 33.4 Å². The van der Waals surface area contributed by atoms with Crippen molar-refractivity contribution in [3.05, 3.63) is 83.7 Å². The molecule has 2 aliphatic carbocycles. The van der Waals surface area contributed by atoms with E-state index in [4.69, 9.17) is 4.74 Å². The van der Waals surface area contributed by atoms with E-state index in [-0.39, 0.29) is 11.8 Å². The lowest BCUT2D eigenvalue weighted by Gasteiger charge is -2.37. The number of fused-ring (bicyclic) bond motifs is 2. The average molecular weight is 332 g/mol. The standard InChI is InChI=1S/C24H28O/c1-14(2)13-25-19(7)20-10-11-21-17(5)23-15(3)8-9-16(4)24(23)18(6)22(21)12-20/h8-12,14,21-22H,5-7,13H2,1-4H3. The Kier molecular flexibility index (Phi) is 4.60. The summed E-state index contributed by atoms with van der Waals surface area (Å²) < 4.78 is 5.83. The van der Waals surface area contributed by atoms with Gasteiger partial charge in [0.25, 0.3) is 0 Å². The van der Waals surface area contributed by atoms with E-state index in [2.05, 4.69) is 77.8 Å². The molecular weight excluding hydrogens is 304 g/mol. The normalized spacial score (nSPS) is 21.7. The van der Waals surface area contributed by atoms with Gasteiger partial charge < -0.3 is 4.74 Å². The molecule has 3 rings (SSSR count). The van der Waals surface area contributed by atoms with Crippen molar-refractivity contribution in [3.8, 4) is 0 Å². The number of allylic oxidation sites excluding steroid dienone is 5. The van der Waals surface area contributed by atoms with Gasteiger partial charge in [-0.1, -0.05) is 63.9 Å². The van der Waals surface area contributed by atoms with Gasteiger partial charge in [-0.15, -0.1) is 0 Å². The van der Waals surface area contributed by atoms with Crippen LogP contribution in [0.5, 0.6) is 0 Å². The van der Waals surface area contributed by atoms with Crippen LogP contribution in [0.2, 0.25) is 0 Å². The number of hydrogen-bond acceptors (Lipinski definition) is 1.